The van der Waals surface area contributed by atoms with Gasteiger partial charge in [0.1, 0.15) is 5.75 Å². The summed E-state index contributed by atoms with van der Waals surface area (Å²) in [6.45, 7) is 4.79. The van der Waals surface area contributed by atoms with Crippen LogP contribution in [0.4, 0.5) is 8.78 Å². The summed E-state index contributed by atoms with van der Waals surface area (Å²) in [5, 5.41) is 0.0869. The van der Waals surface area contributed by atoms with E-state index in [2.05, 4.69) is 4.98 Å². The molecule has 1 heterocycles. The van der Waals surface area contributed by atoms with Crippen molar-refractivity contribution in [3.63, 3.8) is 0 Å². The Morgan fingerprint density at radius 1 is 1.29 bits per heavy atom. The molecule has 7 heteroatoms. The summed E-state index contributed by atoms with van der Waals surface area (Å²) in [7, 11) is 0. The van der Waals surface area contributed by atoms with Crippen molar-refractivity contribution in [1.82, 2.24) is 4.98 Å². The third kappa shape index (κ3) is 5.76. The Balaban J connectivity index is 2.08. The van der Waals surface area contributed by atoms with Crippen LogP contribution in [-0.4, -0.2) is 10.9 Å². The SMILES string of the molecule is CC(C)C(F)(F)c1ccc(Oc2ccc(/C=C/[C@H](C)CC(N)=O)cn2)c(Cl)c1. The number of pyridine rings is 1. The first-order valence-electron chi connectivity index (χ1n) is 8.88. The highest BCUT2D eigenvalue weighted by atomic mass is 35.5. The van der Waals surface area contributed by atoms with E-state index >= 15 is 0 Å². The van der Waals surface area contributed by atoms with E-state index < -0.39 is 11.8 Å². The number of aromatic nitrogens is 1. The maximum atomic E-state index is 14.1. The van der Waals surface area contributed by atoms with Gasteiger partial charge in [0.15, 0.2) is 0 Å². The van der Waals surface area contributed by atoms with E-state index in [0.29, 0.717) is 0 Å². The van der Waals surface area contributed by atoms with E-state index in [1.165, 1.54) is 32.0 Å². The lowest BCUT2D eigenvalue weighted by Gasteiger charge is -2.21. The van der Waals surface area contributed by atoms with Gasteiger partial charge in [-0.15, -0.1) is 0 Å². The van der Waals surface area contributed by atoms with E-state index in [9.17, 15) is 13.6 Å². The minimum atomic E-state index is -2.97. The van der Waals surface area contributed by atoms with Gasteiger partial charge < -0.3 is 10.5 Å². The molecule has 1 aromatic carbocycles. The fourth-order valence-electron chi connectivity index (χ4n) is 2.45. The minimum Gasteiger partial charge on any atom is -0.437 e. The molecule has 2 N–H and O–H groups in total. The number of alkyl halides is 2. The highest BCUT2D eigenvalue weighted by Crippen LogP contribution is 2.39. The molecule has 0 saturated heterocycles. The summed E-state index contributed by atoms with van der Waals surface area (Å²) in [5.41, 5.74) is 5.83. The zero-order valence-corrected chi connectivity index (χ0v) is 16.7. The minimum absolute atomic E-state index is 0.0229. The second-order valence-electron chi connectivity index (χ2n) is 6.96. The lowest BCUT2D eigenvalue weighted by Crippen LogP contribution is -2.20. The molecular weight excluding hydrogens is 386 g/mol. The van der Waals surface area contributed by atoms with Crippen molar-refractivity contribution in [3.05, 3.63) is 58.8 Å². The normalized spacial score (nSPS) is 13.1. The average molecular weight is 409 g/mol. The van der Waals surface area contributed by atoms with E-state index in [1.54, 1.807) is 18.3 Å². The van der Waals surface area contributed by atoms with Crippen molar-refractivity contribution in [2.24, 2.45) is 17.6 Å². The van der Waals surface area contributed by atoms with Crippen LogP contribution in [0.25, 0.3) is 6.08 Å². The van der Waals surface area contributed by atoms with Gasteiger partial charge in [-0.1, -0.05) is 44.5 Å². The van der Waals surface area contributed by atoms with Crippen LogP contribution < -0.4 is 10.5 Å². The standard InChI is InChI=1S/C21H23ClF2N2O2/c1-13(2)21(23,24)16-7-8-18(17(22)11-16)28-20-9-6-15(12-26-20)5-4-14(3)10-19(25)27/h4-9,11-14H,10H2,1-3H3,(H2,25,27)/b5-4+/t14-/m0/s1. The third-order valence-electron chi connectivity index (χ3n) is 4.16. The molecule has 0 aliphatic rings. The van der Waals surface area contributed by atoms with Crippen LogP contribution in [0.5, 0.6) is 11.6 Å². The number of nitrogens with two attached hydrogens (primary N) is 1. The number of amides is 1. The van der Waals surface area contributed by atoms with Crippen LogP contribution in [0, 0.1) is 11.8 Å². The van der Waals surface area contributed by atoms with Crippen molar-refractivity contribution in [3.8, 4) is 11.6 Å². The maximum Gasteiger partial charge on any atom is 0.275 e. The molecule has 2 aromatic rings. The first kappa shape index (κ1) is 21.8. The Morgan fingerprint density at radius 2 is 2.00 bits per heavy atom. The van der Waals surface area contributed by atoms with Crippen LogP contribution in [0.1, 0.15) is 38.3 Å². The number of carbonyl (C=O) groups excluding carboxylic acids is 1. The molecule has 2 rings (SSSR count). The number of rotatable bonds is 8. The molecular formula is C21H23ClF2N2O2. The Kier molecular flexibility index (Phi) is 7.13. The number of benzene rings is 1. The molecule has 28 heavy (non-hydrogen) atoms. The molecule has 0 radical (unpaired) electrons. The Hall–Kier alpha value is -2.47. The molecule has 0 aliphatic carbocycles. The zero-order chi connectivity index (χ0) is 20.9. The first-order chi connectivity index (χ1) is 13.1. The molecule has 150 valence electrons. The monoisotopic (exact) mass is 408 g/mol. The van der Waals surface area contributed by atoms with Gasteiger partial charge in [0.25, 0.3) is 5.92 Å². The summed E-state index contributed by atoms with van der Waals surface area (Å²) < 4.78 is 33.8. The molecule has 0 aliphatic heterocycles. The molecule has 0 fully saturated rings. The second-order valence-corrected chi connectivity index (χ2v) is 7.37. The topological polar surface area (TPSA) is 65.2 Å². The average Bonchev–Trinajstić information content (AvgIpc) is 2.62. The molecule has 0 spiro atoms. The quantitative estimate of drug-likeness (QED) is 0.600. The number of halogens is 3. The Morgan fingerprint density at radius 3 is 2.54 bits per heavy atom. The molecule has 1 atom stereocenters. The van der Waals surface area contributed by atoms with Gasteiger partial charge in [-0.05, 0) is 35.7 Å². The van der Waals surface area contributed by atoms with Gasteiger partial charge in [0, 0.05) is 30.2 Å². The van der Waals surface area contributed by atoms with E-state index in [1.807, 2.05) is 19.1 Å². The van der Waals surface area contributed by atoms with Crippen LogP contribution in [0.3, 0.4) is 0 Å². The van der Waals surface area contributed by atoms with Crippen molar-refractivity contribution >= 4 is 23.6 Å². The van der Waals surface area contributed by atoms with Crippen LogP contribution in [0.2, 0.25) is 5.02 Å². The highest BCUT2D eigenvalue weighted by molar-refractivity contribution is 6.32. The third-order valence-corrected chi connectivity index (χ3v) is 4.45. The molecule has 1 amide bonds. The Bertz CT molecular complexity index is 852. The van der Waals surface area contributed by atoms with Crippen molar-refractivity contribution in [2.75, 3.05) is 0 Å². The number of nitrogens with zero attached hydrogens (tertiary/aromatic N) is 1. The molecule has 1 aromatic heterocycles. The summed E-state index contributed by atoms with van der Waals surface area (Å²) in [6, 6.07) is 7.36. The summed E-state index contributed by atoms with van der Waals surface area (Å²) in [4.78, 5) is 15.1. The van der Waals surface area contributed by atoms with Crippen molar-refractivity contribution in [2.45, 2.75) is 33.1 Å². The van der Waals surface area contributed by atoms with E-state index in [-0.39, 0.29) is 40.5 Å². The Labute approximate surface area is 168 Å². The number of carbonyl (C=O) groups is 1. The summed E-state index contributed by atoms with van der Waals surface area (Å²) >= 11 is 6.11. The van der Waals surface area contributed by atoms with Gasteiger partial charge in [-0.2, -0.15) is 0 Å². The fourth-order valence-corrected chi connectivity index (χ4v) is 2.67. The van der Waals surface area contributed by atoms with Crippen LogP contribution >= 0.6 is 11.6 Å². The predicted octanol–water partition coefficient (Wildman–Crippen LogP) is 5.80. The van der Waals surface area contributed by atoms with Gasteiger partial charge in [-0.3, -0.25) is 4.79 Å². The molecule has 0 saturated carbocycles. The van der Waals surface area contributed by atoms with Crippen molar-refractivity contribution < 1.29 is 18.3 Å². The summed E-state index contributed by atoms with van der Waals surface area (Å²) in [5.74, 6) is -3.62. The lowest BCUT2D eigenvalue weighted by molar-refractivity contribution is -0.118. The van der Waals surface area contributed by atoms with Crippen molar-refractivity contribution in [1.29, 1.82) is 0 Å². The predicted molar refractivity (Wildman–Crippen MR) is 107 cm³/mol. The van der Waals surface area contributed by atoms with Gasteiger partial charge in [0.2, 0.25) is 11.8 Å². The molecule has 0 unspecified atom stereocenters. The van der Waals surface area contributed by atoms with E-state index in [0.717, 1.165) is 5.56 Å². The van der Waals surface area contributed by atoms with Gasteiger partial charge >= 0.3 is 0 Å². The van der Waals surface area contributed by atoms with E-state index in [4.69, 9.17) is 22.1 Å². The number of allylic oxidation sites excluding steroid dienone is 1. The number of ether oxygens (including phenoxy) is 1. The smallest absolute Gasteiger partial charge is 0.275 e. The van der Waals surface area contributed by atoms with Crippen LogP contribution in [0.15, 0.2) is 42.6 Å². The molecule has 4 nitrogen and oxygen atoms in total. The van der Waals surface area contributed by atoms with Gasteiger partial charge in [0.05, 0.1) is 5.02 Å². The number of hydrogen-bond acceptors (Lipinski definition) is 3. The largest absolute Gasteiger partial charge is 0.437 e. The maximum absolute atomic E-state index is 14.1. The number of hydrogen-bond donors (Lipinski definition) is 1. The van der Waals surface area contributed by atoms with Gasteiger partial charge in [-0.25, -0.2) is 13.8 Å². The fraction of sp³-hybridized carbons (Fsp3) is 0.333. The zero-order valence-electron chi connectivity index (χ0n) is 16.0. The number of primary amides is 1. The summed E-state index contributed by atoms with van der Waals surface area (Å²) in [6.07, 6.45) is 5.57. The second kappa shape index (κ2) is 9.15. The molecule has 0 bridgehead atoms. The lowest BCUT2D eigenvalue weighted by atomic mass is 9.98. The first-order valence-corrected chi connectivity index (χ1v) is 9.25. The van der Waals surface area contributed by atoms with Crippen LogP contribution in [-0.2, 0) is 10.7 Å². The highest BCUT2D eigenvalue weighted by Gasteiger charge is 2.35.